The summed E-state index contributed by atoms with van der Waals surface area (Å²) in [6, 6.07) is 6.43. The quantitative estimate of drug-likeness (QED) is 0.921. The molecule has 1 unspecified atom stereocenters. The van der Waals surface area contributed by atoms with Crippen LogP contribution >= 0.6 is 0 Å². The summed E-state index contributed by atoms with van der Waals surface area (Å²) >= 11 is 0. The van der Waals surface area contributed by atoms with Gasteiger partial charge in [0.05, 0.1) is 0 Å². The molecule has 1 N–H and O–H groups in total. The summed E-state index contributed by atoms with van der Waals surface area (Å²) in [5.41, 5.74) is -0.571. The molecule has 1 aromatic carbocycles. The molecule has 110 valence electrons. The average Bonchev–Trinajstić information content (AvgIpc) is 2.42. The molecular formula is C16H22FNO2. The van der Waals surface area contributed by atoms with Crippen molar-refractivity contribution in [1.29, 1.82) is 0 Å². The monoisotopic (exact) mass is 279 g/mol. The highest BCUT2D eigenvalue weighted by atomic mass is 19.1. The molecule has 0 saturated carbocycles. The minimum Gasteiger partial charge on any atom is -0.480 e. The first-order valence-corrected chi connectivity index (χ1v) is 7.15. The van der Waals surface area contributed by atoms with Crippen LogP contribution in [-0.4, -0.2) is 34.6 Å². The number of carboxylic acid groups (broad SMARTS) is 1. The summed E-state index contributed by atoms with van der Waals surface area (Å²) in [6.07, 6.45) is 2.20. The van der Waals surface area contributed by atoms with Crippen LogP contribution in [0.25, 0.3) is 0 Å². The van der Waals surface area contributed by atoms with E-state index in [4.69, 9.17) is 0 Å². The van der Waals surface area contributed by atoms with Crippen LogP contribution in [0.15, 0.2) is 24.3 Å². The van der Waals surface area contributed by atoms with Gasteiger partial charge in [-0.1, -0.05) is 25.1 Å². The summed E-state index contributed by atoms with van der Waals surface area (Å²) in [5.74, 6) is -0.571. The number of carbonyl (C=O) groups is 1. The van der Waals surface area contributed by atoms with Crippen LogP contribution in [0.2, 0.25) is 0 Å². The first-order chi connectivity index (χ1) is 9.43. The number of halogens is 1. The molecule has 20 heavy (non-hydrogen) atoms. The van der Waals surface area contributed by atoms with Gasteiger partial charge in [-0.3, -0.25) is 9.69 Å². The molecule has 0 radical (unpaired) electrons. The SMILES string of the molecule is CC1CCN(C(C)(Cc2ccccc2F)C(=O)O)CC1. The highest BCUT2D eigenvalue weighted by Crippen LogP contribution is 2.28. The third-order valence-corrected chi connectivity index (χ3v) is 4.43. The van der Waals surface area contributed by atoms with Gasteiger partial charge in [-0.05, 0) is 50.4 Å². The Bertz CT molecular complexity index is 483. The van der Waals surface area contributed by atoms with Gasteiger partial charge in [-0.15, -0.1) is 0 Å². The number of likely N-dealkylation sites (tertiary alicyclic amines) is 1. The lowest BCUT2D eigenvalue weighted by molar-refractivity contribution is -0.151. The maximum atomic E-state index is 13.8. The molecule has 1 aliphatic rings. The first kappa shape index (κ1) is 15.0. The van der Waals surface area contributed by atoms with Crippen molar-refractivity contribution < 1.29 is 14.3 Å². The molecule has 0 aliphatic carbocycles. The Morgan fingerprint density at radius 2 is 2.00 bits per heavy atom. The number of aliphatic carboxylic acids is 1. The Hall–Kier alpha value is -1.42. The highest BCUT2D eigenvalue weighted by Gasteiger charge is 2.41. The molecule has 2 rings (SSSR count). The van der Waals surface area contributed by atoms with E-state index in [1.807, 2.05) is 4.90 Å². The molecule has 1 saturated heterocycles. The third kappa shape index (κ3) is 3.01. The molecule has 1 fully saturated rings. The van der Waals surface area contributed by atoms with Crippen LogP contribution in [0.5, 0.6) is 0 Å². The van der Waals surface area contributed by atoms with Crippen LogP contribution in [0.3, 0.4) is 0 Å². The zero-order valence-electron chi connectivity index (χ0n) is 12.1. The molecule has 3 nitrogen and oxygen atoms in total. The van der Waals surface area contributed by atoms with Crippen molar-refractivity contribution in [2.24, 2.45) is 5.92 Å². The Morgan fingerprint density at radius 1 is 1.40 bits per heavy atom. The number of hydrogen-bond acceptors (Lipinski definition) is 2. The van der Waals surface area contributed by atoms with Gasteiger partial charge < -0.3 is 5.11 Å². The fraction of sp³-hybridized carbons (Fsp3) is 0.562. The van der Waals surface area contributed by atoms with E-state index in [0.29, 0.717) is 11.5 Å². The minimum atomic E-state index is -1.04. The Kier molecular flexibility index (Phi) is 4.43. The fourth-order valence-electron chi connectivity index (χ4n) is 2.84. The van der Waals surface area contributed by atoms with Crippen molar-refractivity contribution in [2.75, 3.05) is 13.1 Å². The molecule has 1 aromatic rings. The van der Waals surface area contributed by atoms with E-state index in [9.17, 15) is 14.3 Å². The van der Waals surface area contributed by atoms with Crippen molar-refractivity contribution in [3.8, 4) is 0 Å². The van der Waals surface area contributed by atoms with Gasteiger partial charge in [0.2, 0.25) is 0 Å². The number of nitrogens with zero attached hydrogens (tertiary/aromatic N) is 1. The summed E-state index contributed by atoms with van der Waals surface area (Å²) in [5, 5.41) is 9.64. The summed E-state index contributed by atoms with van der Waals surface area (Å²) in [4.78, 5) is 13.7. The standard InChI is InChI=1S/C16H22FNO2/c1-12-7-9-18(10-8-12)16(2,15(19)20)11-13-5-3-4-6-14(13)17/h3-6,12H,7-11H2,1-2H3,(H,19,20). The zero-order chi connectivity index (χ0) is 14.8. The van der Waals surface area contributed by atoms with Crippen molar-refractivity contribution in [3.05, 3.63) is 35.6 Å². The number of piperidine rings is 1. The van der Waals surface area contributed by atoms with Gasteiger partial charge in [0.25, 0.3) is 0 Å². The Balaban J connectivity index is 2.22. The molecule has 0 aromatic heterocycles. The largest absolute Gasteiger partial charge is 0.480 e. The lowest BCUT2D eigenvalue weighted by atomic mass is 9.87. The second kappa shape index (κ2) is 5.92. The van der Waals surface area contributed by atoms with E-state index >= 15 is 0 Å². The molecule has 0 spiro atoms. The predicted molar refractivity (Wildman–Crippen MR) is 76.1 cm³/mol. The lowest BCUT2D eigenvalue weighted by Gasteiger charge is -2.42. The molecule has 4 heteroatoms. The molecule has 0 amide bonds. The van der Waals surface area contributed by atoms with E-state index in [1.54, 1.807) is 25.1 Å². The number of carboxylic acids is 1. The molecule has 1 heterocycles. The number of rotatable bonds is 4. The number of hydrogen-bond donors (Lipinski definition) is 1. The second-order valence-corrected chi connectivity index (χ2v) is 6.02. The van der Waals surface area contributed by atoms with Crippen molar-refractivity contribution in [2.45, 2.75) is 38.6 Å². The Morgan fingerprint density at radius 3 is 2.55 bits per heavy atom. The van der Waals surface area contributed by atoms with Crippen LogP contribution in [-0.2, 0) is 11.2 Å². The predicted octanol–water partition coefficient (Wildman–Crippen LogP) is 2.94. The van der Waals surface area contributed by atoms with E-state index in [1.165, 1.54) is 6.07 Å². The van der Waals surface area contributed by atoms with Crippen LogP contribution < -0.4 is 0 Å². The smallest absolute Gasteiger partial charge is 0.324 e. The average molecular weight is 279 g/mol. The normalized spacial score (nSPS) is 20.6. The molecule has 0 bridgehead atoms. The van der Waals surface area contributed by atoms with Gasteiger partial charge in [0, 0.05) is 6.42 Å². The lowest BCUT2D eigenvalue weighted by Crippen LogP contribution is -2.56. The van der Waals surface area contributed by atoms with E-state index in [0.717, 1.165) is 25.9 Å². The van der Waals surface area contributed by atoms with E-state index in [-0.39, 0.29) is 12.2 Å². The highest BCUT2D eigenvalue weighted by molar-refractivity contribution is 5.78. The zero-order valence-corrected chi connectivity index (χ0v) is 12.1. The van der Waals surface area contributed by atoms with Crippen molar-refractivity contribution in [3.63, 3.8) is 0 Å². The summed E-state index contributed by atoms with van der Waals surface area (Å²) in [6.45, 7) is 5.42. The topological polar surface area (TPSA) is 40.5 Å². The van der Waals surface area contributed by atoms with E-state index in [2.05, 4.69) is 6.92 Å². The molecule has 1 atom stereocenters. The number of benzene rings is 1. The Labute approximate surface area is 119 Å². The first-order valence-electron chi connectivity index (χ1n) is 7.15. The van der Waals surface area contributed by atoms with Crippen LogP contribution in [0.4, 0.5) is 4.39 Å². The van der Waals surface area contributed by atoms with Gasteiger partial charge in [-0.2, -0.15) is 0 Å². The van der Waals surface area contributed by atoms with Gasteiger partial charge >= 0.3 is 5.97 Å². The maximum Gasteiger partial charge on any atom is 0.324 e. The van der Waals surface area contributed by atoms with Crippen molar-refractivity contribution >= 4 is 5.97 Å². The molecular weight excluding hydrogens is 257 g/mol. The summed E-state index contributed by atoms with van der Waals surface area (Å²) < 4.78 is 13.8. The van der Waals surface area contributed by atoms with E-state index < -0.39 is 11.5 Å². The van der Waals surface area contributed by atoms with Crippen molar-refractivity contribution in [1.82, 2.24) is 4.90 Å². The van der Waals surface area contributed by atoms with Gasteiger partial charge in [-0.25, -0.2) is 4.39 Å². The van der Waals surface area contributed by atoms with Crippen LogP contribution in [0.1, 0.15) is 32.3 Å². The van der Waals surface area contributed by atoms with Gasteiger partial charge in [0.1, 0.15) is 11.4 Å². The van der Waals surface area contributed by atoms with Crippen LogP contribution in [0, 0.1) is 11.7 Å². The fourth-order valence-corrected chi connectivity index (χ4v) is 2.84. The summed E-state index contributed by atoms with van der Waals surface area (Å²) in [7, 11) is 0. The minimum absolute atomic E-state index is 0.198. The van der Waals surface area contributed by atoms with Gasteiger partial charge in [0.15, 0.2) is 0 Å². The molecule has 1 aliphatic heterocycles. The maximum absolute atomic E-state index is 13.8. The second-order valence-electron chi connectivity index (χ2n) is 6.02. The third-order valence-electron chi connectivity index (χ3n) is 4.43.